The van der Waals surface area contributed by atoms with E-state index in [4.69, 9.17) is 0 Å². The molecule has 1 aromatic rings. The van der Waals surface area contributed by atoms with Crippen molar-refractivity contribution in [3.63, 3.8) is 0 Å². The molecule has 0 aliphatic heterocycles. The van der Waals surface area contributed by atoms with Crippen molar-refractivity contribution in [3.05, 3.63) is 35.5 Å². The van der Waals surface area contributed by atoms with Gasteiger partial charge in [-0.3, -0.25) is 4.57 Å². The minimum absolute atomic E-state index is 0.312. The molecular formula is C8H9N3O4. The molecule has 1 aromatic heterocycles. The van der Waals surface area contributed by atoms with Crippen LogP contribution in [0.15, 0.2) is 25.4 Å². The lowest BCUT2D eigenvalue weighted by Gasteiger charge is -2.07. The number of nitro groups is 1. The Morgan fingerprint density at radius 2 is 2.53 bits per heavy atom. The topological polar surface area (TPSA) is 87.3 Å². The first-order chi connectivity index (χ1) is 7.06. The SMILES string of the molecule is C=COC(=O)C(C)n1cnc([N+](=O)[O-])c1. The van der Waals surface area contributed by atoms with Crippen LogP contribution in [-0.4, -0.2) is 20.4 Å². The van der Waals surface area contributed by atoms with Crippen LogP contribution in [0.5, 0.6) is 0 Å². The molecular weight excluding hydrogens is 202 g/mol. The highest BCUT2D eigenvalue weighted by Gasteiger charge is 2.19. The molecule has 1 unspecified atom stereocenters. The van der Waals surface area contributed by atoms with E-state index < -0.39 is 16.9 Å². The molecule has 7 nitrogen and oxygen atoms in total. The third-order valence-electron chi connectivity index (χ3n) is 1.76. The Morgan fingerprint density at radius 3 is 3.00 bits per heavy atom. The van der Waals surface area contributed by atoms with Gasteiger partial charge in [0.1, 0.15) is 12.2 Å². The van der Waals surface area contributed by atoms with Gasteiger partial charge in [-0.1, -0.05) is 6.58 Å². The van der Waals surface area contributed by atoms with Crippen LogP contribution in [0, 0.1) is 10.1 Å². The number of hydrogen-bond acceptors (Lipinski definition) is 5. The standard InChI is InChI=1S/C8H9N3O4/c1-3-15-8(12)6(2)10-4-7(9-5-10)11(13)14/h3-6H,1H2,2H3. The molecule has 7 heteroatoms. The smallest absolute Gasteiger partial charge is 0.381 e. The summed E-state index contributed by atoms with van der Waals surface area (Å²) in [7, 11) is 0. The van der Waals surface area contributed by atoms with Crippen LogP contribution in [0.4, 0.5) is 5.82 Å². The third-order valence-corrected chi connectivity index (χ3v) is 1.76. The predicted molar refractivity (Wildman–Crippen MR) is 49.9 cm³/mol. The second-order valence-electron chi connectivity index (χ2n) is 2.72. The molecule has 0 fully saturated rings. The van der Waals surface area contributed by atoms with Crippen molar-refractivity contribution in [2.75, 3.05) is 0 Å². The van der Waals surface area contributed by atoms with Gasteiger partial charge in [0.15, 0.2) is 0 Å². The molecule has 0 spiro atoms. The fraction of sp³-hybridized carbons (Fsp3) is 0.250. The van der Waals surface area contributed by atoms with Gasteiger partial charge in [0, 0.05) is 0 Å². The van der Waals surface area contributed by atoms with Crippen LogP contribution in [0.3, 0.4) is 0 Å². The maximum Gasteiger partial charge on any atom is 0.381 e. The summed E-state index contributed by atoms with van der Waals surface area (Å²) in [5.41, 5.74) is 0. The van der Waals surface area contributed by atoms with E-state index in [1.54, 1.807) is 0 Å². The summed E-state index contributed by atoms with van der Waals surface area (Å²) in [6, 6.07) is -0.677. The summed E-state index contributed by atoms with van der Waals surface area (Å²) >= 11 is 0. The first-order valence-corrected chi connectivity index (χ1v) is 4.05. The Bertz CT molecular complexity index is 398. The molecule has 0 amide bonds. The Balaban J connectivity index is 2.82. The van der Waals surface area contributed by atoms with Crippen molar-refractivity contribution in [1.82, 2.24) is 9.55 Å². The Kier molecular flexibility index (Phi) is 3.17. The molecule has 0 radical (unpaired) electrons. The maximum absolute atomic E-state index is 11.2. The van der Waals surface area contributed by atoms with Crippen molar-refractivity contribution < 1.29 is 14.5 Å². The number of nitrogens with zero attached hydrogens (tertiary/aromatic N) is 3. The van der Waals surface area contributed by atoms with Gasteiger partial charge in [-0.25, -0.2) is 4.79 Å². The maximum atomic E-state index is 11.2. The van der Waals surface area contributed by atoms with E-state index in [1.165, 1.54) is 17.8 Å². The summed E-state index contributed by atoms with van der Waals surface area (Å²) in [6.45, 7) is 4.77. The highest BCUT2D eigenvalue weighted by Crippen LogP contribution is 2.13. The van der Waals surface area contributed by atoms with Gasteiger partial charge in [0.25, 0.3) is 0 Å². The second-order valence-corrected chi connectivity index (χ2v) is 2.72. The molecule has 1 atom stereocenters. The molecule has 0 aliphatic rings. The minimum Gasteiger partial charge on any atom is -0.434 e. The van der Waals surface area contributed by atoms with E-state index in [9.17, 15) is 14.9 Å². The number of aromatic nitrogens is 2. The number of esters is 1. The Hall–Kier alpha value is -2.18. The number of imidazole rings is 1. The van der Waals surface area contributed by atoms with Gasteiger partial charge in [0.2, 0.25) is 6.33 Å². The average molecular weight is 211 g/mol. The lowest BCUT2D eigenvalue weighted by molar-refractivity contribution is -0.389. The molecule has 0 saturated heterocycles. The van der Waals surface area contributed by atoms with Crippen molar-refractivity contribution in [2.24, 2.45) is 0 Å². The summed E-state index contributed by atoms with van der Waals surface area (Å²) in [5, 5.41) is 10.3. The first kappa shape index (κ1) is 10.9. The fourth-order valence-electron chi connectivity index (χ4n) is 0.934. The second kappa shape index (κ2) is 4.36. The molecule has 0 aliphatic carbocycles. The summed E-state index contributed by atoms with van der Waals surface area (Å²) in [5.74, 6) is -0.870. The van der Waals surface area contributed by atoms with Gasteiger partial charge in [-0.15, -0.1) is 0 Å². The quantitative estimate of drug-likeness (QED) is 0.321. The molecule has 1 heterocycles. The number of carbonyl (C=O) groups excluding carboxylic acids is 1. The van der Waals surface area contributed by atoms with Crippen molar-refractivity contribution in [3.8, 4) is 0 Å². The van der Waals surface area contributed by atoms with Crippen LogP contribution < -0.4 is 0 Å². The highest BCUT2D eigenvalue weighted by atomic mass is 16.6. The molecule has 0 bridgehead atoms. The highest BCUT2D eigenvalue weighted by molar-refractivity contribution is 5.74. The Labute approximate surface area is 85.1 Å². The molecule has 0 aromatic carbocycles. The van der Waals surface area contributed by atoms with Gasteiger partial charge >= 0.3 is 11.8 Å². The molecule has 0 N–H and O–H groups in total. The van der Waals surface area contributed by atoms with E-state index >= 15 is 0 Å². The zero-order valence-electron chi connectivity index (χ0n) is 7.99. The van der Waals surface area contributed by atoms with Gasteiger partial charge in [0.05, 0.1) is 6.26 Å². The summed E-state index contributed by atoms with van der Waals surface area (Å²) < 4.78 is 5.83. The third kappa shape index (κ3) is 2.39. The van der Waals surface area contributed by atoms with Crippen LogP contribution >= 0.6 is 0 Å². The zero-order chi connectivity index (χ0) is 11.4. The van der Waals surface area contributed by atoms with Crippen LogP contribution in [-0.2, 0) is 9.53 Å². The van der Waals surface area contributed by atoms with Crippen LogP contribution in [0.25, 0.3) is 0 Å². The van der Waals surface area contributed by atoms with Gasteiger partial charge < -0.3 is 14.9 Å². The van der Waals surface area contributed by atoms with E-state index in [-0.39, 0.29) is 5.82 Å². The zero-order valence-corrected chi connectivity index (χ0v) is 7.99. The number of hydrogen-bond donors (Lipinski definition) is 0. The lowest BCUT2D eigenvalue weighted by atomic mass is 10.3. The van der Waals surface area contributed by atoms with Crippen LogP contribution in [0.2, 0.25) is 0 Å². The van der Waals surface area contributed by atoms with Crippen molar-refractivity contribution in [1.29, 1.82) is 0 Å². The Morgan fingerprint density at radius 1 is 1.87 bits per heavy atom. The lowest BCUT2D eigenvalue weighted by Crippen LogP contribution is -2.15. The van der Waals surface area contributed by atoms with Crippen molar-refractivity contribution >= 4 is 11.8 Å². The average Bonchev–Trinajstić information content (AvgIpc) is 2.65. The predicted octanol–water partition coefficient (Wildman–Crippen LogP) is 1.04. The largest absolute Gasteiger partial charge is 0.434 e. The van der Waals surface area contributed by atoms with E-state index in [0.29, 0.717) is 0 Å². The number of rotatable bonds is 4. The number of ether oxygens (including phenoxy) is 1. The molecule has 1 rings (SSSR count). The monoisotopic (exact) mass is 211 g/mol. The van der Waals surface area contributed by atoms with E-state index in [0.717, 1.165) is 12.5 Å². The van der Waals surface area contributed by atoms with Crippen LogP contribution in [0.1, 0.15) is 13.0 Å². The van der Waals surface area contributed by atoms with E-state index in [1.807, 2.05) is 0 Å². The summed E-state index contributed by atoms with van der Waals surface area (Å²) in [4.78, 5) is 24.4. The molecule has 15 heavy (non-hydrogen) atoms. The normalized spacial score (nSPS) is 11.8. The molecule has 0 saturated carbocycles. The van der Waals surface area contributed by atoms with Gasteiger partial charge in [-0.05, 0) is 16.8 Å². The molecule has 80 valence electrons. The fourth-order valence-corrected chi connectivity index (χ4v) is 0.934. The summed E-state index contributed by atoms with van der Waals surface area (Å²) in [6.07, 6.45) is 3.37. The minimum atomic E-state index is -0.677. The van der Waals surface area contributed by atoms with E-state index in [2.05, 4.69) is 16.3 Å². The first-order valence-electron chi connectivity index (χ1n) is 4.05. The van der Waals surface area contributed by atoms with Gasteiger partial charge in [-0.2, -0.15) is 0 Å². The number of carbonyl (C=O) groups is 1. The van der Waals surface area contributed by atoms with Crippen molar-refractivity contribution in [2.45, 2.75) is 13.0 Å².